The van der Waals surface area contributed by atoms with Crippen molar-refractivity contribution in [3.05, 3.63) is 28.7 Å². The van der Waals surface area contributed by atoms with Gasteiger partial charge in [-0.05, 0) is 24.8 Å². The maximum atomic E-state index is 12.2. The first-order chi connectivity index (χ1) is 9.95. The van der Waals surface area contributed by atoms with Gasteiger partial charge in [0.1, 0.15) is 6.54 Å². The van der Waals surface area contributed by atoms with Gasteiger partial charge in [-0.15, -0.1) is 0 Å². The Morgan fingerprint density at radius 1 is 1.24 bits per heavy atom. The van der Waals surface area contributed by atoms with Crippen LogP contribution < -0.4 is 17.0 Å². The molecule has 1 aromatic rings. The summed E-state index contributed by atoms with van der Waals surface area (Å²) >= 11 is 0. The highest BCUT2D eigenvalue weighted by Gasteiger charge is 2.23. The lowest BCUT2D eigenvalue weighted by Gasteiger charge is -2.31. The smallest absolute Gasteiger partial charge is 0.251 e. The van der Waals surface area contributed by atoms with Crippen LogP contribution in [0.25, 0.3) is 0 Å². The number of amides is 2. The molecule has 7 nitrogen and oxygen atoms in total. The van der Waals surface area contributed by atoms with Crippen LogP contribution in [0.4, 0.5) is 5.69 Å². The number of likely N-dealkylation sites (tertiary alicyclic amines) is 1. The average Bonchev–Trinajstić information content (AvgIpc) is 2.43. The van der Waals surface area contributed by atoms with Crippen LogP contribution in [0.2, 0.25) is 0 Å². The number of rotatable bonds is 4. The van der Waals surface area contributed by atoms with Gasteiger partial charge in [-0.2, -0.15) is 0 Å². The monoisotopic (exact) mass is 292 g/mol. The van der Waals surface area contributed by atoms with Crippen LogP contribution in [-0.2, 0) is 16.1 Å². The minimum absolute atomic E-state index is 0.00956. The summed E-state index contributed by atoms with van der Waals surface area (Å²) in [6.45, 7) is 1.17. The molecule has 0 atom stereocenters. The number of hydrogen-bond donors (Lipinski definition) is 2. The number of carbonyl (C=O) groups is 2. The SMILES string of the molecule is NC(=O)CC1CCN(C(=O)Cn2cc(N)ccc2=O)CC1. The molecule has 2 rings (SSSR count). The number of nitrogens with zero attached hydrogens (tertiary/aromatic N) is 2. The van der Waals surface area contributed by atoms with E-state index in [0.717, 1.165) is 12.8 Å². The van der Waals surface area contributed by atoms with Gasteiger partial charge >= 0.3 is 0 Å². The fourth-order valence-corrected chi connectivity index (χ4v) is 2.59. The van der Waals surface area contributed by atoms with Crippen molar-refractivity contribution in [1.82, 2.24) is 9.47 Å². The Hall–Kier alpha value is -2.31. The van der Waals surface area contributed by atoms with Gasteiger partial charge in [0.25, 0.3) is 5.56 Å². The van der Waals surface area contributed by atoms with E-state index in [0.29, 0.717) is 25.2 Å². The minimum atomic E-state index is -0.300. The first kappa shape index (κ1) is 15.1. The van der Waals surface area contributed by atoms with E-state index in [1.54, 1.807) is 4.90 Å². The molecular weight excluding hydrogens is 272 g/mol. The lowest BCUT2D eigenvalue weighted by Crippen LogP contribution is -2.42. The summed E-state index contributed by atoms with van der Waals surface area (Å²) in [6, 6.07) is 2.86. The number of primary amides is 1. The fraction of sp³-hybridized carbons (Fsp3) is 0.500. The van der Waals surface area contributed by atoms with E-state index in [9.17, 15) is 14.4 Å². The van der Waals surface area contributed by atoms with E-state index in [-0.39, 0.29) is 29.8 Å². The second-order valence-corrected chi connectivity index (χ2v) is 5.42. The van der Waals surface area contributed by atoms with E-state index >= 15 is 0 Å². The number of nitrogens with two attached hydrogens (primary N) is 2. The maximum absolute atomic E-state index is 12.2. The summed E-state index contributed by atoms with van der Waals surface area (Å²) < 4.78 is 1.31. The van der Waals surface area contributed by atoms with Crippen molar-refractivity contribution < 1.29 is 9.59 Å². The van der Waals surface area contributed by atoms with Crippen molar-refractivity contribution in [2.24, 2.45) is 11.7 Å². The Balaban J connectivity index is 1.92. The van der Waals surface area contributed by atoms with Gasteiger partial charge in [0.05, 0.1) is 0 Å². The number of piperidine rings is 1. The lowest BCUT2D eigenvalue weighted by molar-refractivity contribution is -0.133. The number of aromatic nitrogens is 1. The van der Waals surface area contributed by atoms with E-state index in [4.69, 9.17) is 11.5 Å². The van der Waals surface area contributed by atoms with E-state index in [1.807, 2.05) is 0 Å². The molecule has 114 valence electrons. The maximum Gasteiger partial charge on any atom is 0.251 e. The zero-order valence-corrected chi connectivity index (χ0v) is 11.8. The fourth-order valence-electron chi connectivity index (χ4n) is 2.59. The number of anilines is 1. The van der Waals surface area contributed by atoms with Crippen molar-refractivity contribution in [2.45, 2.75) is 25.8 Å². The quantitative estimate of drug-likeness (QED) is 0.782. The van der Waals surface area contributed by atoms with Crippen LogP contribution in [0.15, 0.2) is 23.1 Å². The second kappa shape index (κ2) is 6.43. The van der Waals surface area contributed by atoms with Crippen molar-refractivity contribution in [2.75, 3.05) is 18.8 Å². The molecule has 0 aliphatic carbocycles. The van der Waals surface area contributed by atoms with Crippen molar-refractivity contribution >= 4 is 17.5 Å². The molecule has 21 heavy (non-hydrogen) atoms. The Labute approximate surface area is 122 Å². The molecule has 1 saturated heterocycles. The summed E-state index contributed by atoms with van der Waals surface area (Å²) in [5.41, 5.74) is 11.0. The summed E-state index contributed by atoms with van der Waals surface area (Å²) in [7, 11) is 0. The van der Waals surface area contributed by atoms with Crippen molar-refractivity contribution in [3.63, 3.8) is 0 Å². The van der Waals surface area contributed by atoms with Crippen molar-refractivity contribution in [3.8, 4) is 0 Å². The molecule has 7 heteroatoms. The lowest BCUT2D eigenvalue weighted by atomic mass is 9.93. The van der Waals surface area contributed by atoms with Gasteiger partial charge in [-0.3, -0.25) is 14.4 Å². The van der Waals surface area contributed by atoms with Gasteiger partial charge in [0.15, 0.2) is 0 Å². The van der Waals surface area contributed by atoms with Gasteiger partial charge in [0, 0.05) is 37.5 Å². The third-order valence-corrected chi connectivity index (χ3v) is 3.77. The molecule has 2 amide bonds. The summed E-state index contributed by atoms with van der Waals surface area (Å²) in [6.07, 6.45) is 3.37. The standard InChI is InChI=1S/C14H20N4O3/c15-11-1-2-13(20)18(8-11)9-14(21)17-5-3-10(4-6-17)7-12(16)19/h1-2,8,10H,3-7,9,15H2,(H2,16,19). The summed E-state index contributed by atoms with van der Waals surface area (Å²) in [4.78, 5) is 36.4. The Morgan fingerprint density at radius 2 is 1.90 bits per heavy atom. The van der Waals surface area contributed by atoms with Gasteiger partial charge in [0.2, 0.25) is 11.8 Å². The highest BCUT2D eigenvalue weighted by atomic mass is 16.2. The third kappa shape index (κ3) is 4.08. The molecule has 0 bridgehead atoms. The first-order valence-electron chi connectivity index (χ1n) is 6.98. The summed E-state index contributed by atoms with van der Waals surface area (Å²) in [5, 5.41) is 0. The third-order valence-electron chi connectivity index (χ3n) is 3.77. The molecule has 2 heterocycles. The van der Waals surface area contributed by atoms with Crippen molar-refractivity contribution in [1.29, 1.82) is 0 Å². The topological polar surface area (TPSA) is 111 Å². The highest BCUT2D eigenvalue weighted by Crippen LogP contribution is 2.20. The predicted octanol–water partition coefficient (Wildman–Crippen LogP) is -0.455. The number of carbonyl (C=O) groups excluding carboxylic acids is 2. The van der Waals surface area contributed by atoms with E-state index in [1.165, 1.54) is 22.9 Å². The molecule has 4 N–H and O–H groups in total. The van der Waals surface area contributed by atoms with E-state index in [2.05, 4.69) is 0 Å². The molecule has 0 radical (unpaired) electrons. The minimum Gasteiger partial charge on any atom is -0.398 e. The normalized spacial score (nSPS) is 15.9. The first-order valence-corrected chi connectivity index (χ1v) is 6.98. The molecule has 1 aliphatic rings. The van der Waals surface area contributed by atoms with E-state index < -0.39 is 0 Å². The Kier molecular flexibility index (Phi) is 4.62. The zero-order chi connectivity index (χ0) is 15.4. The summed E-state index contributed by atoms with van der Waals surface area (Å²) in [5.74, 6) is -0.159. The van der Waals surface area contributed by atoms with Crippen LogP contribution in [0.1, 0.15) is 19.3 Å². The van der Waals surface area contributed by atoms with Crippen LogP contribution in [0.3, 0.4) is 0 Å². The molecule has 0 spiro atoms. The number of pyridine rings is 1. The molecule has 0 aromatic carbocycles. The van der Waals surface area contributed by atoms with Gasteiger partial charge in [-0.25, -0.2) is 0 Å². The molecule has 1 fully saturated rings. The van der Waals surface area contributed by atoms with Crippen LogP contribution in [0, 0.1) is 5.92 Å². The number of nitrogen functional groups attached to an aromatic ring is 1. The van der Waals surface area contributed by atoms with Crippen LogP contribution in [0.5, 0.6) is 0 Å². The molecule has 1 aliphatic heterocycles. The molecule has 1 aromatic heterocycles. The van der Waals surface area contributed by atoms with Crippen LogP contribution >= 0.6 is 0 Å². The number of hydrogen-bond acceptors (Lipinski definition) is 4. The zero-order valence-electron chi connectivity index (χ0n) is 11.8. The van der Waals surface area contributed by atoms with Gasteiger partial charge < -0.3 is 20.9 Å². The van der Waals surface area contributed by atoms with Gasteiger partial charge in [-0.1, -0.05) is 0 Å². The molecule has 0 saturated carbocycles. The molecular formula is C14H20N4O3. The molecule has 0 unspecified atom stereocenters. The van der Waals surface area contributed by atoms with Crippen LogP contribution in [-0.4, -0.2) is 34.4 Å². The average molecular weight is 292 g/mol. The largest absolute Gasteiger partial charge is 0.398 e. The predicted molar refractivity (Wildman–Crippen MR) is 78.2 cm³/mol. The highest BCUT2D eigenvalue weighted by molar-refractivity contribution is 5.76. The second-order valence-electron chi connectivity index (χ2n) is 5.42. The Morgan fingerprint density at radius 3 is 2.52 bits per heavy atom. The Bertz CT molecular complexity index is 588.